The Balaban J connectivity index is 2.32. The number of nitrogens with zero attached hydrogens (tertiary/aromatic N) is 2. The second kappa shape index (κ2) is 6.52. The fourth-order valence-corrected chi connectivity index (χ4v) is 4.08. The number of ether oxygens (including phenoxy) is 1. The number of hydrogen-bond donors (Lipinski definition) is 0. The summed E-state index contributed by atoms with van der Waals surface area (Å²) in [5.74, 6) is -0.551. The van der Waals surface area contributed by atoms with Gasteiger partial charge in [-0.05, 0) is 36.8 Å². The number of carbonyl (C=O) groups excluding carboxylic acids is 1. The third-order valence-corrected chi connectivity index (χ3v) is 5.39. The van der Waals surface area contributed by atoms with Gasteiger partial charge in [0.1, 0.15) is 0 Å². The van der Waals surface area contributed by atoms with Crippen molar-refractivity contribution >= 4 is 32.5 Å². The summed E-state index contributed by atoms with van der Waals surface area (Å²) >= 11 is 0. The first-order valence-electron chi connectivity index (χ1n) is 7.49. The minimum absolute atomic E-state index is 0.0662. The number of para-hydroxylation sites is 1. The van der Waals surface area contributed by atoms with Crippen LogP contribution in [0.4, 0.5) is 0 Å². The van der Waals surface area contributed by atoms with Crippen LogP contribution < -0.4 is 0 Å². The van der Waals surface area contributed by atoms with Gasteiger partial charge in [-0.15, -0.1) is 0 Å². The molecule has 0 fully saturated rings. The van der Waals surface area contributed by atoms with Crippen LogP contribution in [0, 0.1) is 0 Å². The number of allylic oxidation sites excluding steroid dienone is 1. The summed E-state index contributed by atoms with van der Waals surface area (Å²) in [5, 5.41) is 0.679. The fourth-order valence-electron chi connectivity index (χ4n) is 2.57. The van der Waals surface area contributed by atoms with E-state index in [0.717, 1.165) is 5.39 Å². The van der Waals surface area contributed by atoms with E-state index in [1.807, 2.05) is 12.1 Å². The van der Waals surface area contributed by atoms with Gasteiger partial charge in [0, 0.05) is 17.7 Å². The molecule has 128 valence electrons. The van der Waals surface area contributed by atoms with Gasteiger partial charge >= 0.3 is 5.97 Å². The molecular formula is C18H16N2O4S. The van der Waals surface area contributed by atoms with Crippen LogP contribution in [0.5, 0.6) is 0 Å². The second-order valence-corrected chi connectivity index (χ2v) is 7.11. The van der Waals surface area contributed by atoms with Gasteiger partial charge in [-0.1, -0.05) is 24.3 Å². The van der Waals surface area contributed by atoms with Gasteiger partial charge in [0.05, 0.1) is 18.3 Å². The maximum Gasteiger partial charge on any atom is 0.330 e. The van der Waals surface area contributed by atoms with Crippen LogP contribution in [0.2, 0.25) is 0 Å². The van der Waals surface area contributed by atoms with Crippen molar-refractivity contribution in [1.29, 1.82) is 0 Å². The van der Waals surface area contributed by atoms with Gasteiger partial charge in [-0.3, -0.25) is 0 Å². The van der Waals surface area contributed by atoms with Crippen molar-refractivity contribution in [3.8, 4) is 0 Å². The highest BCUT2D eigenvalue weighted by Gasteiger charge is 2.24. The number of rotatable bonds is 4. The Labute approximate surface area is 145 Å². The van der Waals surface area contributed by atoms with E-state index in [4.69, 9.17) is 0 Å². The monoisotopic (exact) mass is 356 g/mol. The number of pyridine rings is 1. The van der Waals surface area contributed by atoms with Crippen molar-refractivity contribution in [2.24, 2.45) is 0 Å². The predicted octanol–water partition coefficient (Wildman–Crippen LogP) is 2.85. The molecule has 2 aromatic heterocycles. The first-order valence-corrected chi connectivity index (χ1v) is 8.93. The Morgan fingerprint density at radius 2 is 1.88 bits per heavy atom. The number of esters is 1. The van der Waals surface area contributed by atoms with Gasteiger partial charge in [-0.25, -0.2) is 13.8 Å². The number of benzene rings is 1. The molecule has 7 heteroatoms. The predicted molar refractivity (Wildman–Crippen MR) is 94.4 cm³/mol. The lowest BCUT2D eigenvalue weighted by Crippen LogP contribution is -2.16. The molecule has 0 aliphatic rings. The third-order valence-electron chi connectivity index (χ3n) is 3.75. The van der Waals surface area contributed by atoms with Crippen molar-refractivity contribution in [3.05, 3.63) is 66.5 Å². The molecule has 2 heterocycles. The average Bonchev–Trinajstić information content (AvgIpc) is 3.02. The highest BCUT2D eigenvalue weighted by molar-refractivity contribution is 7.90. The molecular weight excluding hydrogens is 340 g/mol. The van der Waals surface area contributed by atoms with Crippen molar-refractivity contribution in [1.82, 2.24) is 8.96 Å². The standard InChI is InChI=1S/C18H16N2O4S/c1-13(11-18(21)24-2)16-12-14-7-3-4-8-15(14)20(16)25(22,23)17-9-5-6-10-19-17/h3-12H,1-2H3/b13-11+. The molecule has 0 spiro atoms. The summed E-state index contributed by atoms with van der Waals surface area (Å²) in [7, 11) is -2.66. The highest BCUT2D eigenvalue weighted by atomic mass is 32.2. The quantitative estimate of drug-likeness (QED) is 0.531. The molecule has 0 aliphatic heterocycles. The highest BCUT2D eigenvalue weighted by Crippen LogP contribution is 2.29. The Morgan fingerprint density at radius 1 is 1.16 bits per heavy atom. The molecule has 3 rings (SSSR count). The van der Waals surface area contributed by atoms with E-state index in [2.05, 4.69) is 9.72 Å². The molecule has 1 aromatic carbocycles. The average molecular weight is 356 g/mol. The Morgan fingerprint density at radius 3 is 2.56 bits per heavy atom. The van der Waals surface area contributed by atoms with Gasteiger partial charge in [-0.2, -0.15) is 8.42 Å². The number of fused-ring (bicyclic) bond motifs is 1. The summed E-state index contributed by atoms with van der Waals surface area (Å²) in [4.78, 5) is 15.5. The first kappa shape index (κ1) is 16.9. The van der Waals surface area contributed by atoms with Crippen molar-refractivity contribution in [2.75, 3.05) is 7.11 Å². The summed E-state index contributed by atoms with van der Waals surface area (Å²) in [6.07, 6.45) is 2.69. The molecule has 0 bridgehead atoms. The largest absolute Gasteiger partial charge is 0.466 e. The lowest BCUT2D eigenvalue weighted by Gasteiger charge is -2.11. The van der Waals surface area contributed by atoms with E-state index in [0.29, 0.717) is 16.8 Å². The zero-order valence-corrected chi connectivity index (χ0v) is 14.5. The Hall–Kier alpha value is -2.93. The lowest BCUT2D eigenvalue weighted by atomic mass is 10.2. The molecule has 0 amide bonds. The fraction of sp³-hybridized carbons (Fsp3) is 0.111. The van der Waals surface area contributed by atoms with Gasteiger partial charge in [0.25, 0.3) is 10.0 Å². The van der Waals surface area contributed by atoms with Crippen molar-refractivity contribution in [3.63, 3.8) is 0 Å². The van der Waals surface area contributed by atoms with E-state index in [-0.39, 0.29) is 5.03 Å². The van der Waals surface area contributed by atoms with Crippen LogP contribution in [-0.4, -0.2) is 30.5 Å². The Kier molecular flexibility index (Phi) is 4.41. The molecule has 0 unspecified atom stereocenters. The van der Waals surface area contributed by atoms with Crippen molar-refractivity contribution < 1.29 is 17.9 Å². The van der Waals surface area contributed by atoms with E-state index < -0.39 is 16.0 Å². The summed E-state index contributed by atoms with van der Waals surface area (Å²) < 4.78 is 32.1. The molecule has 0 atom stereocenters. The molecule has 0 aliphatic carbocycles. The zero-order chi connectivity index (χ0) is 18.0. The lowest BCUT2D eigenvalue weighted by molar-refractivity contribution is -0.134. The summed E-state index contributed by atoms with van der Waals surface area (Å²) in [6.45, 7) is 1.66. The van der Waals surface area contributed by atoms with E-state index in [1.54, 1.807) is 37.3 Å². The van der Waals surface area contributed by atoms with Crippen LogP contribution in [0.15, 0.2) is 65.8 Å². The summed E-state index contributed by atoms with van der Waals surface area (Å²) in [5.41, 5.74) is 1.38. The number of aromatic nitrogens is 2. The van der Waals surface area contributed by atoms with Crippen LogP contribution in [0.3, 0.4) is 0 Å². The molecule has 0 radical (unpaired) electrons. The number of methoxy groups -OCH3 is 1. The second-order valence-electron chi connectivity index (χ2n) is 5.38. The number of carbonyl (C=O) groups is 1. The first-order chi connectivity index (χ1) is 11.9. The Bertz CT molecular complexity index is 1070. The minimum atomic E-state index is -3.93. The normalized spacial score (nSPS) is 12.3. The SMILES string of the molecule is COC(=O)/C=C(\C)c1cc2ccccc2n1S(=O)(=O)c1ccccn1. The third kappa shape index (κ3) is 3.06. The minimum Gasteiger partial charge on any atom is -0.466 e. The van der Waals surface area contributed by atoms with E-state index in [9.17, 15) is 13.2 Å². The van der Waals surface area contributed by atoms with Gasteiger partial charge < -0.3 is 4.74 Å². The van der Waals surface area contributed by atoms with Crippen LogP contribution in [-0.2, 0) is 19.6 Å². The molecule has 6 nitrogen and oxygen atoms in total. The van der Waals surface area contributed by atoms with Crippen LogP contribution in [0.25, 0.3) is 16.5 Å². The van der Waals surface area contributed by atoms with Gasteiger partial charge in [0.15, 0.2) is 5.03 Å². The molecule has 3 aromatic rings. The zero-order valence-electron chi connectivity index (χ0n) is 13.7. The molecule has 25 heavy (non-hydrogen) atoms. The van der Waals surface area contributed by atoms with Crippen molar-refractivity contribution in [2.45, 2.75) is 11.9 Å². The maximum atomic E-state index is 13.1. The maximum absolute atomic E-state index is 13.1. The molecule has 0 saturated heterocycles. The van der Waals surface area contributed by atoms with Crippen LogP contribution in [0.1, 0.15) is 12.6 Å². The molecule has 0 saturated carbocycles. The smallest absolute Gasteiger partial charge is 0.330 e. The number of hydrogen-bond acceptors (Lipinski definition) is 5. The van der Waals surface area contributed by atoms with E-state index in [1.165, 1.54) is 29.4 Å². The topological polar surface area (TPSA) is 78.3 Å². The van der Waals surface area contributed by atoms with Crippen LogP contribution >= 0.6 is 0 Å². The molecule has 0 N–H and O–H groups in total. The summed E-state index contributed by atoms with van der Waals surface area (Å²) in [6, 6.07) is 13.5. The van der Waals surface area contributed by atoms with E-state index >= 15 is 0 Å². The van der Waals surface area contributed by atoms with Gasteiger partial charge in [0.2, 0.25) is 0 Å².